The van der Waals surface area contributed by atoms with Gasteiger partial charge in [-0.15, -0.1) is 0 Å². The normalized spacial score (nSPS) is 18.0. The lowest BCUT2D eigenvalue weighted by Crippen LogP contribution is -2.35. The lowest BCUT2D eigenvalue weighted by molar-refractivity contribution is -0.143. The molecule has 0 amide bonds. The number of thiocarbonyl (C=S) groups is 1. The number of halogens is 1. The molecule has 1 aliphatic rings. The molecule has 3 heterocycles. The van der Waals surface area contributed by atoms with Gasteiger partial charge in [-0.3, -0.25) is 9.78 Å². The maximum Gasteiger partial charge on any atom is 0.325 e. The Kier molecular flexibility index (Phi) is 6.23. The number of pyridine rings is 1. The second-order valence-electron chi connectivity index (χ2n) is 7.67. The molecule has 1 aliphatic heterocycles. The van der Waals surface area contributed by atoms with E-state index in [4.69, 9.17) is 17.0 Å². The van der Waals surface area contributed by atoms with Crippen LogP contribution >= 0.6 is 12.2 Å². The van der Waals surface area contributed by atoms with Gasteiger partial charge in [-0.05, 0) is 68.9 Å². The van der Waals surface area contributed by atoms with Crippen LogP contribution in [0.5, 0.6) is 0 Å². The Morgan fingerprint density at radius 1 is 1.22 bits per heavy atom. The van der Waals surface area contributed by atoms with Gasteiger partial charge in [0.15, 0.2) is 5.11 Å². The van der Waals surface area contributed by atoms with E-state index in [1.807, 2.05) is 53.6 Å². The summed E-state index contributed by atoms with van der Waals surface area (Å²) in [5, 5.41) is 3.78. The van der Waals surface area contributed by atoms with Crippen LogP contribution in [0.15, 0.2) is 54.7 Å². The van der Waals surface area contributed by atoms with Gasteiger partial charge in [-0.25, -0.2) is 4.39 Å². The summed E-state index contributed by atoms with van der Waals surface area (Å²) in [7, 11) is 0. The summed E-state index contributed by atoms with van der Waals surface area (Å²) in [5.41, 5.74) is 3.99. The van der Waals surface area contributed by atoms with Gasteiger partial charge in [0, 0.05) is 17.6 Å². The van der Waals surface area contributed by atoms with Crippen molar-refractivity contribution in [1.82, 2.24) is 19.8 Å². The molecule has 1 saturated heterocycles. The summed E-state index contributed by atoms with van der Waals surface area (Å²) in [6, 6.07) is 13.8. The van der Waals surface area contributed by atoms with Crippen LogP contribution < -0.4 is 5.32 Å². The fourth-order valence-electron chi connectivity index (χ4n) is 4.35. The lowest BCUT2D eigenvalue weighted by atomic mass is 9.97. The summed E-state index contributed by atoms with van der Waals surface area (Å²) in [6.45, 7) is 5.97. The molecule has 6 nitrogen and oxygen atoms in total. The van der Waals surface area contributed by atoms with Gasteiger partial charge in [0.05, 0.1) is 30.1 Å². The molecule has 2 atom stereocenters. The molecular weight excluding hydrogens is 427 g/mol. The van der Waals surface area contributed by atoms with E-state index in [0.29, 0.717) is 17.4 Å². The molecule has 0 bridgehead atoms. The molecule has 2 aromatic heterocycles. The molecule has 0 unspecified atom stereocenters. The molecule has 3 aromatic rings. The van der Waals surface area contributed by atoms with E-state index >= 15 is 0 Å². The van der Waals surface area contributed by atoms with E-state index in [0.717, 1.165) is 22.6 Å². The molecule has 0 saturated carbocycles. The van der Waals surface area contributed by atoms with Gasteiger partial charge in [-0.2, -0.15) is 0 Å². The standard InChI is InChI=1S/C24H25FN4O2S/c1-4-31-21(30)14-28-23(22(27-24(28)32)19-10-7-8-12-26-19)17-13-15(2)29(16(17)3)20-11-6-5-9-18(20)25/h5-13,22-23H,4,14H2,1-3H3,(H,27,32)/t22-,23-/m1/s1. The van der Waals surface area contributed by atoms with E-state index in [9.17, 15) is 9.18 Å². The first-order valence-corrected chi connectivity index (χ1v) is 10.9. The maximum atomic E-state index is 14.6. The quantitative estimate of drug-likeness (QED) is 0.448. The predicted octanol–water partition coefficient (Wildman–Crippen LogP) is 4.16. The van der Waals surface area contributed by atoms with Crippen LogP contribution in [0.2, 0.25) is 0 Å². The highest BCUT2D eigenvalue weighted by molar-refractivity contribution is 7.80. The zero-order valence-corrected chi connectivity index (χ0v) is 19.0. The van der Waals surface area contributed by atoms with Crippen molar-refractivity contribution >= 4 is 23.3 Å². The number of nitrogens with zero attached hydrogens (tertiary/aromatic N) is 3. The highest BCUT2D eigenvalue weighted by atomic mass is 32.1. The number of hydrogen-bond donors (Lipinski definition) is 1. The van der Waals surface area contributed by atoms with E-state index in [1.165, 1.54) is 6.07 Å². The largest absolute Gasteiger partial charge is 0.465 e. The van der Waals surface area contributed by atoms with Crippen molar-refractivity contribution in [3.8, 4) is 5.69 Å². The number of nitrogens with one attached hydrogen (secondary N) is 1. The fourth-order valence-corrected chi connectivity index (χ4v) is 4.66. The first-order chi connectivity index (χ1) is 15.4. The summed E-state index contributed by atoms with van der Waals surface area (Å²) < 4.78 is 21.7. The van der Waals surface area contributed by atoms with Crippen LogP contribution in [0.1, 0.15) is 41.7 Å². The summed E-state index contributed by atoms with van der Waals surface area (Å²) in [6.07, 6.45) is 1.73. The molecule has 1 aromatic carbocycles. The Hall–Kier alpha value is -3.26. The first kappa shape index (κ1) is 22.0. The van der Waals surface area contributed by atoms with E-state index in [1.54, 1.807) is 25.3 Å². The molecule has 166 valence electrons. The number of aryl methyl sites for hydroxylation is 1. The molecule has 1 N–H and O–H groups in total. The molecule has 0 radical (unpaired) electrons. The molecule has 32 heavy (non-hydrogen) atoms. The third-order valence-electron chi connectivity index (χ3n) is 5.68. The van der Waals surface area contributed by atoms with Gasteiger partial charge in [0.25, 0.3) is 0 Å². The number of ether oxygens (including phenoxy) is 1. The number of benzene rings is 1. The number of carbonyl (C=O) groups is 1. The minimum atomic E-state index is -0.355. The van der Waals surface area contributed by atoms with Gasteiger partial charge in [-0.1, -0.05) is 18.2 Å². The van der Waals surface area contributed by atoms with E-state index in [2.05, 4.69) is 10.3 Å². The predicted molar refractivity (Wildman–Crippen MR) is 124 cm³/mol. The van der Waals surface area contributed by atoms with Crippen LogP contribution in [0, 0.1) is 19.7 Å². The number of para-hydroxylation sites is 1. The third kappa shape index (κ3) is 3.98. The molecular formula is C24H25FN4O2S. The fraction of sp³-hybridized carbons (Fsp3) is 0.292. The van der Waals surface area contributed by atoms with Crippen molar-refractivity contribution in [3.05, 3.63) is 83.2 Å². The molecule has 4 rings (SSSR count). The Balaban J connectivity index is 1.83. The zero-order valence-electron chi connectivity index (χ0n) is 18.2. The number of hydrogen-bond acceptors (Lipinski definition) is 4. The molecule has 0 spiro atoms. The van der Waals surface area contributed by atoms with Crippen LogP contribution in [-0.2, 0) is 9.53 Å². The zero-order chi connectivity index (χ0) is 22.8. The number of aromatic nitrogens is 2. The van der Waals surface area contributed by atoms with Crippen LogP contribution in [0.25, 0.3) is 5.69 Å². The molecule has 1 fully saturated rings. The summed E-state index contributed by atoms with van der Waals surface area (Å²) in [5.74, 6) is -0.656. The molecule has 8 heteroatoms. The van der Waals surface area contributed by atoms with Gasteiger partial charge >= 0.3 is 5.97 Å². The van der Waals surface area contributed by atoms with Crippen molar-refractivity contribution in [2.45, 2.75) is 32.9 Å². The minimum absolute atomic E-state index is 0.0110. The third-order valence-corrected chi connectivity index (χ3v) is 6.04. The number of carbonyl (C=O) groups excluding carboxylic acids is 1. The smallest absolute Gasteiger partial charge is 0.325 e. The van der Waals surface area contributed by atoms with Gasteiger partial charge < -0.3 is 19.5 Å². The Labute approximate surface area is 192 Å². The Morgan fingerprint density at radius 3 is 2.66 bits per heavy atom. The van der Waals surface area contributed by atoms with Crippen molar-refractivity contribution in [2.24, 2.45) is 0 Å². The molecule has 0 aliphatic carbocycles. The van der Waals surface area contributed by atoms with Gasteiger partial charge in [0.2, 0.25) is 0 Å². The Morgan fingerprint density at radius 2 is 1.97 bits per heavy atom. The monoisotopic (exact) mass is 452 g/mol. The topological polar surface area (TPSA) is 59.4 Å². The van der Waals surface area contributed by atoms with E-state index < -0.39 is 0 Å². The average Bonchev–Trinajstić information content (AvgIpc) is 3.25. The van der Waals surface area contributed by atoms with Crippen molar-refractivity contribution in [3.63, 3.8) is 0 Å². The summed E-state index contributed by atoms with van der Waals surface area (Å²) >= 11 is 5.61. The Bertz CT molecular complexity index is 1150. The second kappa shape index (κ2) is 9.08. The lowest BCUT2D eigenvalue weighted by Gasteiger charge is -2.27. The highest BCUT2D eigenvalue weighted by Crippen LogP contribution is 2.41. The summed E-state index contributed by atoms with van der Waals surface area (Å²) in [4.78, 5) is 18.7. The highest BCUT2D eigenvalue weighted by Gasteiger charge is 2.42. The maximum absolute atomic E-state index is 14.6. The number of esters is 1. The van der Waals surface area contributed by atoms with E-state index in [-0.39, 0.29) is 30.4 Å². The van der Waals surface area contributed by atoms with Crippen molar-refractivity contribution in [2.75, 3.05) is 13.2 Å². The first-order valence-electron chi connectivity index (χ1n) is 10.5. The second-order valence-corrected chi connectivity index (χ2v) is 8.06. The van der Waals surface area contributed by atoms with Crippen LogP contribution in [0.3, 0.4) is 0 Å². The number of rotatable bonds is 6. The minimum Gasteiger partial charge on any atom is -0.465 e. The van der Waals surface area contributed by atoms with Crippen molar-refractivity contribution < 1.29 is 13.9 Å². The van der Waals surface area contributed by atoms with Gasteiger partial charge in [0.1, 0.15) is 12.4 Å². The van der Waals surface area contributed by atoms with Crippen molar-refractivity contribution in [1.29, 1.82) is 0 Å². The van der Waals surface area contributed by atoms with Crippen LogP contribution in [0.4, 0.5) is 4.39 Å². The average molecular weight is 453 g/mol. The van der Waals surface area contributed by atoms with Crippen LogP contribution in [-0.4, -0.2) is 38.7 Å². The SMILES string of the molecule is CCOC(=O)CN1C(=S)N[C@H](c2ccccn2)[C@H]1c1cc(C)n(-c2ccccc2F)c1C.